The van der Waals surface area contributed by atoms with Gasteiger partial charge in [0.1, 0.15) is 24.1 Å². The lowest BCUT2D eigenvalue weighted by Gasteiger charge is -2.30. The molecule has 0 spiro atoms. The molecule has 0 unspecified atom stereocenters. The number of hydrogen-bond acceptors (Lipinski definition) is 11. The summed E-state index contributed by atoms with van der Waals surface area (Å²) in [6.07, 6.45) is 4.71. The topological polar surface area (TPSA) is 173 Å². The second kappa shape index (κ2) is 20.2. The largest absolute Gasteiger partial charge is 0.490 e. The van der Waals surface area contributed by atoms with Crippen molar-refractivity contribution in [1.29, 1.82) is 0 Å². The van der Waals surface area contributed by atoms with Crippen LogP contribution in [0.3, 0.4) is 0 Å². The molecular formula is C40H53ClN2O9S. The number of para-hydroxylation sites is 1. The number of aliphatic hydroxyl groups is 6. The van der Waals surface area contributed by atoms with Crippen LogP contribution in [0.15, 0.2) is 65.8 Å². The molecule has 11 nitrogen and oxygen atoms in total. The van der Waals surface area contributed by atoms with Crippen molar-refractivity contribution in [3.63, 3.8) is 0 Å². The summed E-state index contributed by atoms with van der Waals surface area (Å²) in [5.74, 6) is 0.970. The van der Waals surface area contributed by atoms with Gasteiger partial charge in [-0.15, -0.1) is 11.8 Å². The van der Waals surface area contributed by atoms with Gasteiger partial charge < -0.3 is 45.0 Å². The van der Waals surface area contributed by atoms with Gasteiger partial charge in [0.2, 0.25) is 0 Å². The summed E-state index contributed by atoms with van der Waals surface area (Å²) in [5.41, 5.74) is 3.66. The number of nitrogens with zero attached hydrogens (tertiary/aromatic N) is 2. The van der Waals surface area contributed by atoms with E-state index in [2.05, 4.69) is 17.1 Å². The smallest absolute Gasteiger partial charge is 0.254 e. The third-order valence-electron chi connectivity index (χ3n) is 9.78. The quantitative estimate of drug-likeness (QED) is 0.0544. The molecule has 1 aromatic heterocycles. The van der Waals surface area contributed by atoms with Gasteiger partial charge >= 0.3 is 0 Å². The predicted molar refractivity (Wildman–Crippen MR) is 204 cm³/mol. The van der Waals surface area contributed by atoms with Crippen LogP contribution in [0.5, 0.6) is 5.75 Å². The summed E-state index contributed by atoms with van der Waals surface area (Å²) < 4.78 is 12.9. The number of aromatic nitrogens is 1. The van der Waals surface area contributed by atoms with Gasteiger partial charge in [0.25, 0.3) is 5.91 Å². The van der Waals surface area contributed by atoms with E-state index < -0.39 is 42.5 Å². The van der Waals surface area contributed by atoms with Crippen molar-refractivity contribution < 1.29 is 44.9 Å². The minimum absolute atomic E-state index is 0.0410. The number of aliphatic hydroxyl groups excluding tert-OH is 6. The van der Waals surface area contributed by atoms with Crippen LogP contribution in [0, 0.1) is 0 Å². The Labute approximate surface area is 320 Å². The molecule has 5 rings (SSSR count). The van der Waals surface area contributed by atoms with E-state index in [1.165, 1.54) is 4.90 Å². The predicted octanol–water partition coefficient (Wildman–Crippen LogP) is 4.84. The zero-order chi connectivity index (χ0) is 37.8. The van der Waals surface area contributed by atoms with Gasteiger partial charge in [-0.25, -0.2) is 0 Å². The van der Waals surface area contributed by atoms with Crippen molar-refractivity contribution in [1.82, 2.24) is 9.88 Å². The highest BCUT2D eigenvalue weighted by atomic mass is 35.5. The number of hydrogen-bond donors (Lipinski definition) is 6. The zero-order valence-corrected chi connectivity index (χ0v) is 31.6. The lowest BCUT2D eigenvalue weighted by atomic mass is 9.96. The first-order valence-corrected chi connectivity index (χ1v) is 20.0. The third-order valence-corrected chi connectivity index (χ3v) is 11.2. The van der Waals surface area contributed by atoms with Crippen LogP contribution in [0.4, 0.5) is 0 Å². The molecule has 2 aliphatic carbocycles. The SMILES string of the molecule is O=C([C@@H](O)[C@@H](O)[C@H](O)[C@@H](O)CO)N(CCCCCO)CCCCCSc1ccc(Cl)c(COC2(c3cnccc3-c3ccccc3OC3CC3)CC2)c1. The molecule has 1 amide bonds. The Kier molecular flexibility index (Phi) is 15.8. The molecule has 6 N–H and O–H groups in total. The van der Waals surface area contributed by atoms with Crippen molar-refractivity contribution in [3.8, 4) is 16.9 Å². The fourth-order valence-corrected chi connectivity index (χ4v) is 7.42. The summed E-state index contributed by atoms with van der Waals surface area (Å²) in [6.45, 7) is 0.233. The van der Waals surface area contributed by atoms with E-state index in [0.717, 1.165) is 77.2 Å². The minimum Gasteiger partial charge on any atom is -0.490 e. The van der Waals surface area contributed by atoms with Crippen LogP contribution >= 0.6 is 23.4 Å². The Morgan fingerprint density at radius 3 is 2.36 bits per heavy atom. The van der Waals surface area contributed by atoms with E-state index in [1.54, 1.807) is 11.8 Å². The third kappa shape index (κ3) is 11.6. The molecule has 290 valence electrons. The number of halogens is 1. The average molecular weight is 773 g/mol. The summed E-state index contributed by atoms with van der Waals surface area (Å²) >= 11 is 8.37. The van der Waals surface area contributed by atoms with Crippen molar-refractivity contribution in [2.75, 3.05) is 32.1 Å². The average Bonchev–Trinajstić information content (AvgIpc) is 4.13. The van der Waals surface area contributed by atoms with Gasteiger partial charge in [0.05, 0.1) is 24.9 Å². The first-order valence-electron chi connectivity index (χ1n) is 18.7. The molecule has 0 saturated heterocycles. The monoisotopic (exact) mass is 772 g/mol. The Hall–Kier alpha value is -2.78. The molecule has 2 fully saturated rings. The number of pyridine rings is 1. The first kappa shape index (κ1) is 41.4. The van der Waals surface area contributed by atoms with Crippen molar-refractivity contribution in [2.45, 2.75) is 112 Å². The summed E-state index contributed by atoms with van der Waals surface area (Å²) in [7, 11) is 0. The molecule has 0 bridgehead atoms. The summed E-state index contributed by atoms with van der Waals surface area (Å²) in [6, 6.07) is 16.2. The molecule has 53 heavy (non-hydrogen) atoms. The van der Waals surface area contributed by atoms with Crippen LogP contribution in [-0.4, -0.2) is 109 Å². The molecule has 3 aromatic rings. The zero-order valence-electron chi connectivity index (χ0n) is 30.1. The Bertz CT molecular complexity index is 1610. The lowest BCUT2D eigenvalue weighted by molar-refractivity contribution is -0.158. The Balaban J connectivity index is 1.12. The highest BCUT2D eigenvalue weighted by molar-refractivity contribution is 7.99. The fraction of sp³-hybridized carbons (Fsp3) is 0.550. The molecule has 1 heterocycles. The molecule has 2 aromatic carbocycles. The van der Waals surface area contributed by atoms with E-state index >= 15 is 0 Å². The van der Waals surface area contributed by atoms with Crippen molar-refractivity contribution in [3.05, 3.63) is 77.1 Å². The van der Waals surface area contributed by atoms with Gasteiger partial charge in [-0.2, -0.15) is 0 Å². The highest BCUT2D eigenvalue weighted by Gasteiger charge is 2.48. The van der Waals surface area contributed by atoms with Crippen molar-refractivity contribution in [2.24, 2.45) is 0 Å². The van der Waals surface area contributed by atoms with Crippen LogP contribution in [-0.2, 0) is 21.7 Å². The number of amides is 1. The number of unbranched alkanes of at least 4 members (excludes halogenated alkanes) is 4. The normalized spacial score (nSPS) is 17.2. The van der Waals surface area contributed by atoms with Crippen molar-refractivity contribution >= 4 is 29.3 Å². The molecular weight excluding hydrogens is 720 g/mol. The fourth-order valence-electron chi connectivity index (χ4n) is 6.27. The molecule has 2 saturated carbocycles. The maximum atomic E-state index is 13.0. The van der Waals surface area contributed by atoms with Gasteiger partial charge in [0.15, 0.2) is 6.10 Å². The Morgan fingerprint density at radius 1 is 0.925 bits per heavy atom. The van der Waals surface area contributed by atoms with Crippen LogP contribution in [0.2, 0.25) is 5.02 Å². The number of rotatable bonds is 24. The number of thioether (sulfide) groups is 1. The maximum absolute atomic E-state index is 13.0. The molecule has 4 atom stereocenters. The van der Waals surface area contributed by atoms with Gasteiger partial charge in [0, 0.05) is 53.1 Å². The number of carbonyl (C=O) groups excluding carboxylic acids is 1. The highest BCUT2D eigenvalue weighted by Crippen LogP contribution is 2.53. The van der Waals surface area contributed by atoms with E-state index in [-0.39, 0.29) is 12.7 Å². The number of benzene rings is 2. The van der Waals surface area contributed by atoms with E-state index in [1.807, 2.05) is 48.8 Å². The Morgan fingerprint density at radius 2 is 1.66 bits per heavy atom. The molecule has 2 aliphatic rings. The standard InChI is InChI=1S/C40H53ClN2O9S/c41-33-14-13-29(53-22-8-2-6-20-43(19-5-1-7-21-44)39(50)38(49)37(48)36(47)34(46)25-45)23-27(33)26-51-40(16-17-40)32-24-42-18-15-30(32)31-9-3-4-10-35(31)52-28-11-12-28/h3-4,9-10,13-15,18,23-24,28,34,36-38,44-49H,1-2,5-8,11-12,16-17,19-22,25-26H2/t34-,36+,37-,38-/m0/s1. The first-order chi connectivity index (χ1) is 25.7. The van der Waals surface area contributed by atoms with Crippen LogP contribution in [0.1, 0.15) is 75.3 Å². The van der Waals surface area contributed by atoms with Gasteiger partial charge in [-0.05, 0) is 105 Å². The summed E-state index contributed by atoms with van der Waals surface area (Å²) in [5, 5.41) is 59.1. The molecule has 13 heteroatoms. The van der Waals surface area contributed by atoms with E-state index in [9.17, 15) is 25.2 Å². The second-order valence-electron chi connectivity index (χ2n) is 14.0. The maximum Gasteiger partial charge on any atom is 0.254 e. The number of carbonyl (C=O) groups is 1. The minimum atomic E-state index is -1.95. The van der Waals surface area contributed by atoms with E-state index in [4.69, 9.17) is 31.3 Å². The van der Waals surface area contributed by atoms with Gasteiger partial charge in [-0.3, -0.25) is 9.78 Å². The van der Waals surface area contributed by atoms with Crippen LogP contribution in [0.25, 0.3) is 11.1 Å². The number of ether oxygens (including phenoxy) is 2. The molecule has 0 radical (unpaired) electrons. The second-order valence-corrected chi connectivity index (χ2v) is 15.5. The molecule has 0 aliphatic heterocycles. The lowest BCUT2D eigenvalue weighted by Crippen LogP contribution is -2.53. The summed E-state index contributed by atoms with van der Waals surface area (Å²) in [4.78, 5) is 20.0. The van der Waals surface area contributed by atoms with Gasteiger partial charge in [-0.1, -0.05) is 36.2 Å². The van der Waals surface area contributed by atoms with E-state index in [0.29, 0.717) is 50.4 Å². The van der Waals surface area contributed by atoms with Crippen LogP contribution < -0.4 is 4.74 Å².